The van der Waals surface area contributed by atoms with Gasteiger partial charge in [0.1, 0.15) is 11.8 Å². The van der Waals surface area contributed by atoms with Crippen molar-refractivity contribution >= 4 is 57.8 Å². The average Bonchev–Trinajstić information content (AvgIpc) is 2.81. The van der Waals surface area contributed by atoms with Crippen LogP contribution in [0.2, 0.25) is 0 Å². The van der Waals surface area contributed by atoms with E-state index in [1.54, 1.807) is 24.3 Å². The van der Waals surface area contributed by atoms with Gasteiger partial charge in [0.05, 0.1) is 28.4 Å². The highest BCUT2D eigenvalue weighted by Crippen LogP contribution is 2.45. The molecule has 0 saturated heterocycles. The zero-order chi connectivity index (χ0) is 23.7. The summed E-state index contributed by atoms with van der Waals surface area (Å²) in [4.78, 5) is 23.2. The lowest BCUT2D eigenvalue weighted by molar-refractivity contribution is -0.114. The molecular weight excluding hydrogens is 463 g/mol. The van der Waals surface area contributed by atoms with E-state index in [2.05, 4.69) is 20.9 Å². The van der Waals surface area contributed by atoms with Crippen LogP contribution in [-0.2, 0) is 9.59 Å². The zero-order valence-corrected chi connectivity index (χ0v) is 19.3. The summed E-state index contributed by atoms with van der Waals surface area (Å²) in [6.07, 6.45) is 0. The molecule has 0 heterocycles. The molecule has 0 aliphatic carbocycles. The summed E-state index contributed by atoms with van der Waals surface area (Å²) < 4.78 is 21.5. The third-order valence-electron chi connectivity index (χ3n) is 4.02. The van der Waals surface area contributed by atoms with E-state index in [4.69, 9.17) is 42.1 Å². The fourth-order valence-electron chi connectivity index (χ4n) is 2.62. The fourth-order valence-corrected chi connectivity index (χ4v) is 2.75. The third-order valence-corrected chi connectivity index (χ3v) is 4.51. The second-order valence-corrected chi connectivity index (χ2v) is 6.56. The van der Waals surface area contributed by atoms with Crippen molar-refractivity contribution in [3.05, 3.63) is 24.3 Å². The van der Waals surface area contributed by atoms with Crippen LogP contribution in [0.5, 0.6) is 23.0 Å². The van der Waals surface area contributed by atoms with Crippen LogP contribution in [0.4, 0.5) is 22.7 Å². The van der Waals surface area contributed by atoms with Crippen molar-refractivity contribution in [1.82, 2.24) is 0 Å². The molecule has 2 N–H and O–H groups in total. The van der Waals surface area contributed by atoms with Crippen LogP contribution in [0.15, 0.2) is 34.5 Å². The minimum Gasteiger partial charge on any atom is -0.494 e. The van der Waals surface area contributed by atoms with Crippen LogP contribution in [-0.4, -0.2) is 52.0 Å². The van der Waals surface area contributed by atoms with E-state index in [0.29, 0.717) is 34.4 Å². The van der Waals surface area contributed by atoms with E-state index >= 15 is 0 Å². The zero-order valence-electron chi connectivity index (χ0n) is 17.8. The molecule has 172 valence electrons. The number of rotatable bonds is 10. The number of amides is 2. The number of anilines is 2. The van der Waals surface area contributed by atoms with Gasteiger partial charge in [-0.2, -0.15) is 0 Å². The second-order valence-electron chi connectivity index (χ2n) is 6.02. The van der Waals surface area contributed by atoms with E-state index < -0.39 is 0 Å². The standard InChI is InChI=1S/C20H22Cl2N4O6/c1-29-13-5-11(23-17(27)9-21)6-14(30-2)19(13)25-26-20-15(31-3)7-12(8-16(20)32-4)24-18(28)10-22/h5-8H,9-10H2,1-4H3,(H,23,27)(H,24,28). The minimum atomic E-state index is -0.388. The number of ether oxygens (including phenoxy) is 4. The fraction of sp³-hybridized carbons (Fsp3) is 0.300. The Balaban J connectivity index is 2.51. The van der Waals surface area contributed by atoms with E-state index in [1.807, 2.05) is 0 Å². The maximum atomic E-state index is 11.6. The first-order valence-electron chi connectivity index (χ1n) is 9.06. The SMILES string of the molecule is COc1cc(NC(=O)CCl)cc(OC)c1N=Nc1c(OC)cc(NC(=O)CCl)cc1OC. The molecule has 2 aromatic rings. The molecule has 0 fully saturated rings. The van der Waals surface area contributed by atoms with Gasteiger partial charge in [0.15, 0.2) is 34.4 Å². The van der Waals surface area contributed by atoms with Crippen LogP contribution in [0.3, 0.4) is 0 Å². The predicted molar refractivity (Wildman–Crippen MR) is 122 cm³/mol. The van der Waals surface area contributed by atoms with Crippen molar-refractivity contribution in [3.63, 3.8) is 0 Å². The first-order chi connectivity index (χ1) is 15.4. The lowest BCUT2D eigenvalue weighted by atomic mass is 10.2. The highest BCUT2D eigenvalue weighted by molar-refractivity contribution is 6.29. The minimum absolute atomic E-state index is 0.201. The molecule has 2 aromatic carbocycles. The van der Waals surface area contributed by atoms with Gasteiger partial charge >= 0.3 is 0 Å². The quantitative estimate of drug-likeness (QED) is 0.378. The first-order valence-corrected chi connectivity index (χ1v) is 10.1. The summed E-state index contributed by atoms with van der Waals surface area (Å²) in [5.74, 6) is -0.00500. The number of methoxy groups -OCH3 is 4. The molecule has 32 heavy (non-hydrogen) atoms. The van der Waals surface area contributed by atoms with Crippen molar-refractivity contribution in [3.8, 4) is 23.0 Å². The summed E-state index contributed by atoms with van der Waals surface area (Å²) in [5.41, 5.74) is 1.36. The van der Waals surface area contributed by atoms with Gasteiger partial charge in [0, 0.05) is 35.6 Å². The molecule has 0 saturated carbocycles. The van der Waals surface area contributed by atoms with E-state index in [9.17, 15) is 9.59 Å². The van der Waals surface area contributed by atoms with Crippen LogP contribution in [0.1, 0.15) is 0 Å². The number of nitrogens with one attached hydrogen (secondary N) is 2. The Morgan fingerprint density at radius 2 is 0.969 bits per heavy atom. The van der Waals surface area contributed by atoms with E-state index in [1.165, 1.54) is 28.4 Å². The summed E-state index contributed by atoms with van der Waals surface area (Å²) >= 11 is 11.1. The lowest BCUT2D eigenvalue weighted by Crippen LogP contribution is -2.12. The maximum Gasteiger partial charge on any atom is 0.239 e. The lowest BCUT2D eigenvalue weighted by Gasteiger charge is -2.14. The largest absolute Gasteiger partial charge is 0.494 e. The molecule has 0 radical (unpaired) electrons. The second kappa shape index (κ2) is 12.0. The highest BCUT2D eigenvalue weighted by Gasteiger charge is 2.17. The number of nitrogens with zero attached hydrogens (tertiary/aromatic N) is 2. The van der Waals surface area contributed by atoms with Crippen LogP contribution in [0, 0.1) is 0 Å². The summed E-state index contributed by atoms with van der Waals surface area (Å²) in [5, 5.41) is 13.7. The number of carbonyl (C=O) groups is 2. The molecular formula is C20H22Cl2N4O6. The molecule has 0 aliphatic heterocycles. The molecule has 0 aliphatic rings. The van der Waals surface area contributed by atoms with Gasteiger partial charge < -0.3 is 29.6 Å². The van der Waals surface area contributed by atoms with Crippen molar-refractivity contribution in [1.29, 1.82) is 0 Å². The Morgan fingerprint density at radius 3 is 1.19 bits per heavy atom. The Kier molecular flexibility index (Phi) is 9.36. The highest BCUT2D eigenvalue weighted by atomic mass is 35.5. The summed E-state index contributed by atoms with van der Waals surface area (Å²) in [6, 6.07) is 6.22. The summed E-state index contributed by atoms with van der Waals surface area (Å²) in [6.45, 7) is 0. The molecule has 0 atom stereocenters. The van der Waals surface area contributed by atoms with Crippen LogP contribution in [0.25, 0.3) is 0 Å². The molecule has 12 heteroatoms. The predicted octanol–water partition coefficient (Wildman–Crippen LogP) is 4.49. The van der Waals surface area contributed by atoms with Crippen molar-refractivity contribution < 1.29 is 28.5 Å². The monoisotopic (exact) mass is 484 g/mol. The first kappa shape index (κ1) is 25.0. The molecule has 2 rings (SSSR count). The number of halogens is 2. The third kappa shape index (κ3) is 6.14. The van der Waals surface area contributed by atoms with E-state index in [-0.39, 0.29) is 34.9 Å². The van der Waals surface area contributed by atoms with Gasteiger partial charge in [-0.25, -0.2) is 0 Å². The van der Waals surface area contributed by atoms with Gasteiger partial charge in [-0.3, -0.25) is 9.59 Å². The smallest absolute Gasteiger partial charge is 0.239 e. The van der Waals surface area contributed by atoms with E-state index in [0.717, 1.165) is 0 Å². The molecule has 0 bridgehead atoms. The normalized spacial score (nSPS) is 10.6. The summed E-state index contributed by atoms with van der Waals surface area (Å²) in [7, 11) is 5.76. The molecule has 2 amide bonds. The van der Waals surface area contributed by atoms with Gasteiger partial charge in [-0.15, -0.1) is 33.4 Å². The number of hydrogen-bond acceptors (Lipinski definition) is 8. The maximum absolute atomic E-state index is 11.6. The van der Waals surface area contributed by atoms with Gasteiger partial charge in [0.2, 0.25) is 11.8 Å². The Labute approximate surface area is 194 Å². The van der Waals surface area contributed by atoms with Gasteiger partial charge in [0.25, 0.3) is 0 Å². The Morgan fingerprint density at radius 1 is 0.688 bits per heavy atom. The molecule has 10 nitrogen and oxygen atoms in total. The van der Waals surface area contributed by atoms with Crippen LogP contribution >= 0.6 is 23.2 Å². The van der Waals surface area contributed by atoms with Gasteiger partial charge in [-0.05, 0) is 0 Å². The van der Waals surface area contributed by atoms with Crippen molar-refractivity contribution in [2.75, 3.05) is 50.8 Å². The number of alkyl halides is 2. The number of benzene rings is 2. The molecule has 0 unspecified atom stereocenters. The number of hydrogen-bond donors (Lipinski definition) is 2. The number of carbonyl (C=O) groups excluding carboxylic acids is 2. The molecule has 0 aromatic heterocycles. The molecule has 0 spiro atoms. The number of azo groups is 1. The Hall–Kier alpha value is -3.24. The van der Waals surface area contributed by atoms with Gasteiger partial charge in [-0.1, -0.05) is 0 Å². The van der Waals surface area contributed by atoms with Crippen molar-refractivity contribution in [2.24, 2.45) is 10.2 Å². The Bertz CT molecular complexity index is 886. The van der Waals surface area contributed by atoms with Crippen LogP contribution < -0.4 is 29.6 Å². The topological polar surface area (TPSA) is 120 Å². The average molecular weight is 485 g/mol. The van der Waals surface area contributed by atoms with Crippen molar-refractivity contribution in [2.45, 2.75) is 0 Å².